The van der Waals surface area contributed by atoms with Crippen molar-refractivity contribution in [2.24, 2.45) is 0 Å². The number of nitrogens with zero attached hydrogens (tertiary/aromatic N) is 1. The molecule has 0 spiro atoms. The SMILES string of the molecule is CCCCOc1ncccc1CNC(=O)C(C)NC(=O)c1ccc(C(C)(C)C)cc1. The molecular formula is C24H33N3O3. The van der Waals surface area contributed by atoms with E-state index >= 15 is 0 Å². The van der Waals surface area contributed by atoms with Crippen molar-refractivity contribution in [3.05, 3.63) is 59.3 Å². The van der Waals surface area contributed by atoms with Gasteiger partial charge in [0.05, 0.1) is 6.61 Å². The largest absolute Gasteiger partial charge is 0.477 e. The van der Waals surface area contributed by atoms with Crippen LogP contribution in [0.2, 0.25) is 0 Å². The van der Waals surface area contributed by atoms with Crippen LogP contribution in [0.1, 0.15) is 68.9 Å². The lowest BCUT2D eigenvalue weighted by molar-refractivity contribution is -0.122. The van der Waals surface area contributed by atoms with E-state index in [1.165, 1.54) is 0 Å². The quantitative estimate of drug-likeness (QED) is 0.612. The highest BCUT2D eigenvalue weighted by molar-refractivity contribution is 5.97. The number of benzene rings is 1. The molecule has 2 amide bonds. The van der Waals surface area contributed by atoms with Gasteiger partial charge >= 0.3 is 0 Å². The summed E-state index contributed by atoms with van der Waals surface area (Å²) in [5, 5.41) is 5.59. The molecule has 2 N–H and O–H groups in total. The molecule has 1 unspecified atom stereocenters. The van der Waals surface area contributed by atoms with Crippen LogP contribution in [0.3, 0.4) is 0 Å². The molecule has 0 saturated heterocycles. The Hall–Kier alpha value is -2.89. The van der Waals surface area contributed by atoms with Crippen molar-refractivity contribution >= 4 is 11.8 Å². The molecule has 2 aromatic rings. The van der Waals surface area contributed by atoms with Gasteiger partial charge in [0.1, 0.15) is 6.04 Å². The number of hydrogen-bond donors (Lipinski definition) is 2. The molecule has 162 valence electrons. The van der Waals surface area contributed by atoms with Crippen LogP contribution < -0.4 is 15.4 Å². The van der Waals surface area contributed by atoms with Crippen molar-refractivity contribution in [3.8, 4) is 5.88 Å². The number of unbranched alkanes of at least 4 members (excludes halogenated alkanes) is 1. The molecule has 0 saturated carbocycles. The summed E-state index contributed by atoms with van der Waals surface area (Å²) >= 11 is 0. The number of carbonyl (C=O) groups is 2. The molecule has 0 radical (unpaired) electrons. The van der Waals surface area contributed by atoms with Gasteiger partial charge in [0.15, 0.2) is 0 Å². The van der Waals surface area contributed by atoms with E-state index in [1.807, 2.05) is 18.2 Å². The van der Waals surface area contributed by atoms with Crippen LogP contribution in [0.15, 0.2) is 42.6 Å². The summed E-state index contributed by atoms with van der Waals surface area (Å²) in [5.74, 6) is -0.0111. The third-order valence-corrected chi connectivity index (χ3v) is 4.79. The highest BCUT2D eigenvalue weighted by Crippen LogP contribution is 2.22. The van der Waals surface area contributed by atoms with Crippen LogP contribution >= 0.6 is 0 Å². The molecule has 0 bridgehead atoms. The molecule has 0 fully saturated rings. The van der Waals surface area contributed by atoms with Crippen LogP contribution in [0.25, 0.3) is 0 Å². The monoisotopic (exact) mass is 411 g/mol. The third-order valence-electron chi connectivity index (χ3n) is 4.79. The van der Waals surface area contributed by atoms with Crippen molar-refractivity contribution in [3.63, 3.8) is 0 Å². The fourth-order valence-electron chi connectivity index (χ4n) is 2.80. The van der Waals surface area contributed by atoms with Crippen molar-refractivity contribution in [2.75, 3.05) is 6.61 Å². The van der Waals surface area contributed by atoms with Gasteiger partial charge in [0.2, 0.25) is 11.8 Å². The Bertz CT molecular complexity index is 842. The first-order chi connectivity index (χ1) is 14.2. The van der Waals surface area contributed by atoms with Crippen LogP contribution in [0, 0.1) is 0 Å². The minimum atomic E-state index is -0.666. The van der Waals surface area contributed by atoms with Crippen LogP contribution in [0.4, 0.5) is 0 Å². The number of ether oxygens (including phenoxy) is 1. The van der Waals surface area contributed by atoms with Gasteiger partial charge < -0.3 is 15.4 Å². The number of hydrogen-bond acceptors (Lipinski definition) is 4. The molecule has 0 aliphatic rings. The van der Waals surface area contributed by atoms with E-state index in [1.54, 1.807) is 31.3 Å². The van der Waals surface area contributed by atoms with Gasteiger partial charge in [0.25, 0.3) is 5.91 Å². The molecule has 2 rings (SSSR count). The molecule has 0 aliphatic carbocycles. The fourth-order valence-corrected chi connectivity index (χ4v) is 2.80. The Morgan fingerprint density at radius 3 is 2.47 bits per heavy atom. The van der Waals surface area contributed by atoms with Crippen molar-refractivity contribution < 1.29 is 14.3 Å². The summed E-state index contributed by atoms with van der Waals surface area (Å²) < 4.78 is 5.69. The van der Waals surface area contributed by atoms with Crippen LogP contribution in [-0.2, 0) is 16.8 Å². The minimum Gasteiger partial charge on any atom is -0.477 e. The maximum Gasteiger partial charge on any atom is 0.251 e. The topological polar surface area (TPSA) is 80.3 Å². The van der Waals surface area contributed by atoms with E-state index in [4.69, 9.17) is 4.74 Å². The molecule has 6 heteroatoms. The van der Waals surface area contributed by atoms with Gasteiger partial charge in [-0.1, -0.05) is 52.3 Å². The zero-order valence-corrected chi connectivity index (χ0v) is 18.6. The smallest absolute Gasteiger partial charge is 0.251 e. The lowest BCUT2D eigenvalue weighted by atomic mass is 9.86. The fraction of sp³-hybridized carbons (Fsp3) is 0.458. The predicted octanol–water partition coefficient (Wildman–Crippen LogP) is 3.99. The molecular weight excluding hydrogens is 378 g/mol. The second-order valence-corrected chi connectivity index (χ2v) is 8.41. The number of carbonyl (C=O) groups excluding carboxylic acids is 2. The standard InChI is InChI=1S/C24H33N3O3/c1-6-7-15-30-23-19(9-8-14-25-23)16-26-21(28)17(2)27-22(29)18-10-12-20(13-11-18)24(3,4)5/h8-14,17H,6-7,15-16H2,1-5H3,(H,26,28)(H,27,29). The first-order valence-corrected chi connectivity index (χ1v) is 10.5. The summed E-state index contributed by atoms with van der Waals surface area (Å²) in [7, 11) is 0. The Balaban J connectivity index is 1.90. The molecule has 30 heavy (non-hydrogen) atoms. The maximum atomic E-state index is 12.5. The average molecular weight is 412 g/mol. The van der Waals surface area contributed by atoms with Crippen LogP contribution in [-0.4, -0.2) is 29.4 Å². The van der Waals surface area contributed by atoms with Crippen LogP contribution in [0.5, 0.6) is 5.88 Å². The Kier molecular flexibility index (Phi) is 8.39. The van der Waals surface area contributed by atoms with Gasteiger partial charge in [-0.25, -0.2) is 4.98 Å². The Labute approximate surface area is 179 Å². The van der Waals surface area contributed by atoms with Crippen molar-refractivity contribution in [1.29, 1.82) is 0 Å². The third kappa shape index (κ3) is 6.87. The first kappa shape index (κ1) is 23.4. The highest BCUT2D eigenvalue weighted by atomic mass is 16.5. The summed E-state index contributed by atoms with van der Waals surface area (Å²) in [6.07, 6.45) is 3.65. The Morgan fingerprint density at radius 1 is 1.13 bits per heavy atom. The van der Waals surface area contributed by atoms with E-state index in [0.717, 1.165) is 24.0 Å². The van der Waals surface area contributed by atoms with Crippen molar-refractivity contribution in [2.45, 2.75) is 65.5 Å². The first-order valence-electron chi connectivity index (χ1n) is 10.5. The van der Waals surface area contributed by atoms with E-state index in [-0.39, 0.29) is 23.8 Å². The minimum absolute atomic E-state index is 0.0214. The zero-order valence-electron chi connectivity index (χ0n) is 18.6. The van der Waals surface area contributed by atoms with Gasteiger partial charge in [-0.2, -0.15) is 0 Å². The molecule has 1 aromatic carbocycles. The summed E-state index contributed by atoms with van der Waals surface area (Å²) in [5.41, 5.74) is 2.51. The lowest BCUT2D eigenvalue weighted by Crippen LogP contribution is -2.44. The average Bonchev–Trinajstić information content (AvgIpc) is 2.72. The molecule has 1 aromatic heterocycles. The number of rotatable bonds is 9. The van der Waals surface area contributed by atoms with E-state index in [0.29, 0.717) is 18.1 Å². The molecule has 1 heterocycles. The number of nitrogens with one attached hydrogen (secondary N) is 2. The number of aromatic nitrogens is 1. The predicted molar refractivity (Wildman–Crippen MR) is 119 cm³/mol. The molecule has 1 atom stereocenters. The Morgan fingerprint density at radius 2 is 1.83 bits per heavy atom. The van der Waals surface area contributed by atoms with Crippen molar-refractivity contribution in [1.82, 2.24) is 15.6 Å². The molecule has 0 aliphatic heterocycles. The normalized spacial score (nSPS) is 12.2. The van der Waals surface area contributed by atoms with Gasteiger partial charge in [-0.15, -0.1) is 0 Å². The zero-order chi connectivity index (χ0) is 22.1. The maximum absolute atomic E-state index is 12.5. The lowest BCUT2D eigenvalue weighted by Gasteiger charge is -2.19. The van der Waals surface area contributed by atoms with E-state index in [9.17, 15) is 9.59 Å². The summed E-state index contributed by atoms with van der Waals surface area (Å²) in [6.45, 7) is 11.0. The number of pyridine rings is 1. The van der Waals surface area contributed by atoms with Gasteiger partial charge in [0, 0.05) is 23.9 Å². The number of amides is 2. The van der Waals surface area contributed by atoms with Gasteiger partial charge in [-0.3, -0.25) is 9.59 Å². The van der Waals surface area contributed by atoms with Gasteiger partial charge in [-0.05, 0) is 42.5 Å². The second-order valence-electron chi connectivity index (χ2n) is 8.41. The summed E-state index contributed by atoms with van der Waals surface area (Å²) in [4.78, 5) is 29.2. The molecule has 6 nitrogen and oxygen atoms in total. The van der Waals surface area contributed by atoms with E-state index in [2.05, 4.69) is 43.3 Å². The van der Waals surface area contributed by atoms with E-state index < -0.39 is 6.04 Å². The highest BCUT2D eigenvalue weighted by Gasteiger charge is 2.18. The summed E-state index contributed by atoms with van der Waals surface area (Å²) in [6, 6.07) is 10.5. The second kappa shape index (κ2) is 10.8.